The number of hydrogen-bond donors (Lipinski definition) is 1. The number of anilines is 1. The fourth-order valence-corrected chi connectivity index (χ4v) is 2.15. The van der Waals surface area contributed by atoms with E-state index in [0.29, 0.717) is 22.5 Å². The molecule has 0 amide bonds. The maximum atomic E-state index is 6.01. The van der Waals surface area contributed by atoms with Crippen LogP contribution in [0.5, 0.6) is 0 Å². The van der Waals surface area contributed by atoms with Crippen LogP contribution in [0.15, 0.2) is 6.07 Å². The van der Waals surface area contributed by atoms with Crippen molar-refractivity contribution < 1.29 is 4.74 Å². The van der Waals surface area contributed by atoms with Gasteiger partial charge in [-0.05, 0) is 18.9 Å². The molecule has 0 saturated carbocycles. The molecular weight excluding hydrogens is 270 g/mol. The Hall–Kier alpha value is -0.220. The molecule has 88 valence electrons. The van der Waals surface area contributed by atoms with Crippen LogP contribution in [0, 0.1) is 0 Å². The molecule has 1 saturated heterocycles. The summed E-state index contributed by atoms with van der Waals surface area (Å²) in [4.78, 5) is 4.10. The van der Waals surface area contributed by atoms with Crippen molar-refractivity contribution in [2.24, 2.45) is 0 Å². The maximum absolute atomic E-state index is 6.01. The number of aromatic nitrogens is 1. The van der Waals surface area contributed by atoms with Crippen LogP contribution in [0.3, 0.4) is 0 Å². The van der Waals surface area contributed by atoms with Crippen molar-refractivity contribution in [1.82, 2.24) is 4.98 Å². The number of nitrogens with zero attached hydrogens (tertiary/aromatic N) is 1. The van der Waals surface area contributed by atoms with E-state index in [9.17, 15) is 0 Å². The highest BCUT2D eigenvalue weighted by Crippen LogP contribution is 2.29. The Labute approximate surface area is 109 Å². The van der Waals surface area contributed by atoms with Crippen LogP contribution in [-0.2, 0) is 4.74 Å². The number of pyridine rings is 1. The van der Waals surface area contributed by atoms with Crippen LogP contribution in [-0.4, -0.2) is 24.2 Å². The monoisotopic (exact) mass is 280 g/mol. The molecule has 0 radical (unpaired) electrons. The number of rotatable bonds is 2. The Morgan fingerprint density at radius 1 is 1.31 bits per heavy atom. The van der Waals surface area contributed by atoms with E-state index in [1.165, 1.54) is 0 Å². The summed E-state index contributed by atoms with van der Waals surface area (Å²) in [6.07, 6.45) is 2.08. The van der Waals surface area contributed by atoms with E-state index >= 15 is 0 Å². The van der Waals surface area contributed by atoms with Crippen molar-refractivity contribution in [2.75, 3.05) is 18.5 Å². The first-order valence-corrected chi connectivity index (χ1v) is 6.16. The molecule has 2 rings (SSSR count). The third-order valence-corrected chi connectivity index (χ3v) is 3.35. The van der Waals surface area contributed by atoms with E-state index in [2.05, 4.69) is 10.3 Å². The van der Waals surface area contributed by atoms with Crippen LogP contribution in [0.2, 0.25) is 15.2 Å². The summed E-state index contributed by atoms with van der Waals surface area (Å²) in [7, 11) is 0. The van der Waals surface area contributed by atoms with Crippen LogP contribution >= 0.6 is 34.8 Å². The van der Waals surface area contributed by atoms with Crippen molar-refractivity contribution in [1.29, 1.82) is 0 Å². The molecule has 1 atom stereocenters. The summed E-state index contributed by atoms with van der Waals surface area (Å²) in [5.74, 6) is 0.562. The Morgan fingerprint density at radius 3 is 2.81 bits per heavy atom. The van der Waals surface area contributed by atoms with Gasteiger partial charge in [0.15, 0.2) is 0 Å². The summed E-state index contributed by atoms with van der Waals surface area (Å²) in [5, 5.41) is 4.29. The third kappa shape index (κ3) is 2.92. The summed E-state index contributed by atoms with van der Waals surface area (Å²) in [6, 6.07) is 1.82. The van der Waals surface area contributed by atoms with Crippen LogP contribution < -0.4 is 5.32 Å². The van der Waals surface area contributed by atoms with E-state index in [-0.39, 0.29) is 11.2 Å². The number of hydrogen-bond acceptors (Lipinski definition) is 3. The minimum atomic E-state index is 0.232. The van der Waals surface area contributed by atoms with Gasteiger partial charge in [0.25, 0.3) is 0 Å². The minimum Gasteiger partial charge on any atom is -0.379 e. The average molecular weight is 282 g/mol. The van der Waals surface area contributed by atoms with E-state index in [4.69, 9.17) is 39.5 Å². The number of nitrogens with one attached hydrogen (secondary N) is 1. The predicted octanol–water partition coefficient (Wildman–Crippen LogP) is 3.63. The second-order valence-electron chi connectivity index (χ2n) is 3.65. The lowest BCUT2D eigenvalue weighted by atomic mass is 10.1. The number of halogens is 3. The molecular formula is C10H11Cl3N2O. The van der Waals surface area contributed by atoms with Crippen molar-refractivity contribution in [3.63, 3.8) is 0 Å². The van der Waals surface area contributed by atoms with Gasteiger partial charge in [0.1, 0.15) is 11.0 Å². The molecule has 1 aromatic heterocycles. The Morgan fingerprint density at radius 2 is 2.12 bits per heavy atom. The number of ether oxygens (including phenoxy) is 1. The van der Waals surface area contributed by atoms with Crippen molar-refractivity contribution in [3.05, 3.63) is 21.3 Å². The maximum Gasteiger partial charge on any atom is 0.150 e. The van der Waals surface area contributed by atoms with E-state index in [1.807, 2.05) is 0 Å². The van der Waals surface area contributed by atoms with E-state index in [1.54, 1.807) is 6.07 Å². The van der Waals surface area contributed by atoms with Gasteiger partial charge >= 0.3 is 0 Å². The van der Waals surface area contributed by atoms with Crippen molar-refractivity contribution in [2.45, 2.75) is 18.9 Å². The Kier molecular flexibility index (Phi) is 4.14. The van der Waals surface area contributed by atoms with Gasteiger partial charge in [-0.15, -0.1) is 0 Å². The van der Waals surface area contributed by atoms with Crippen LogP contribution in [0.1, 0.15) is 12.8 Å². The molecule has 2 heterocycles. The van der Waals surface area contributed by atoms with Crippen molar-refractivity contribution in [3.8, 4) is 0 Å². The molecule has 1 unspecified atom stereocenters. The zero-order valence-electron chi connectivity index (χ0n) is 8.47. The largest absolute Gasteiger partial charge is 0.379 e. The fraction of sp³-hybridized carbons (Fsp3) is 0.500. The lowest BCUT2D eigenvalue weighted by Gasteiger charge is -2.24. The molecule has 1 aromatic rings. The Bertz CT molecular complexity index is 381. The van der Waals surface area contributed by atoms with Gasteiger partial charge in [0, 0.05) is 6.61 Å². The normalized spacial score (nSPS) is 20.8. The zero-order chi connectivity index (χ0) is 11.5. The Balaban J connectivity index is 2.11. The summed E-state index contributed by atoms with van der Waals surface area (Å²) in [6.45, 7) is 1.49. The van der Waals surface area contributed by atoms with Gasteiger partial charge in [-0.1, -0.05) is 34.8 Å². The fourth-order valence-electron chi connectivity index (χ4n) is 1.59. The highest BCUT2D eigenvalue weighted by molar-refractivity contribution is 6.42. The summed E-state index contributed by atoms with van der Waals surface area (Å²) < 4.78 is 5.36. The van der Waals surface area contributed by atoms with Crippen LogP contribution in [0.25, 0.3) is 0 Å². The van der Waals surface area contributed by atoms with E-state index < -0.39 is 0 Å². The molecule has 0 spiro atoms. The quantitative estimate of drug-likeness (QED) is 0.841. The molecule has 1 N–H and O–H groups in total. The summed E-state index contributed by atoms with van der Waals surface area (Å²) in [5.41, 5.74) is 0. The topological polar surface area (TPSA) is 34.1 Å². The van der Waals surface area contributed by atoms with Crippen LogP contribution in [0.4, 0.5) is 5.82 Å². The van der Waals surface area contributed by atoms with Gasteiger partial charge in [-0.25, -0.2) is 4.98 Å². The first-order valence-electron chi connectivity index (χ1n) is 5.02. The molecule has 0 aliphatic carbocycles. The van der Waals surface area contributed by atoms with Gasteiger partial charge in [0.05, 0.1) is 22.7 Å². The SMILES string of the molecule is Clc1cc(Cl)c(NC2CCCOC2)nc1Cl. The lowest BCUT2D eigenvalue weighted by molar-refractivity contribution is 0.0875. The molecule has 1 fully saturated rings. The first-order chi connectivity index (χ1) is 7.66. The lowest BCUT2D eigenvalue weighted by Crippen LogP contribution is -2.30. The molecule has 16 heavy (non-hydrogen) atoms. The zero-order valence-corrected chi connectivity index (χ0v) is 10.7. The van der Waals surface area contributed by atoms with Gasteiger partial charge in [-0.3, -0.25) is 0 Å². The smallest absolute Gasteiger partial charge is 0.150 e. The molecule has 0 aromatic carbocycles. The van der Waals surface area contributed by atoms with Gasteiger partial charge < -0.3 is 10.1 Å². The second kappa shape index (κ2) is 5.41. The molecule has 1 aliphatic rings. The predicted molar refractivity (Wildman–Crippen MR) is 66.7 cm³/mol. The minimum absolute atomic E-state index is 0.232. The van der Waals surface area contributed by atoms with E-state index in [0.717, 1.165) is 19.4 Å². The van der Waals surface area contributed by atoms with Crippen molar-refractivity contribution >= 4 is 40.6 Å². The first kappa shape index (κ1) is 12.2. The highest BCUT2D eigenvalue weighted by atomic mass is 35.5. The molecule has 3 nitrogen and oxygen atoms in total. The van der Waals surface area contributed by atoms with Gasteiger partial charge in [-0.2, -0.15) is 0 Å². The standard InChI is InChI=1S/C10H11Cl3N2O/c11-7-4-8(12)10(15-9(7)13)14-6-2-1-3-16-5-6/h4,6H,1-3,5H2,(H,14,15). The van der Waals surface area contributed by atoms with Gasteiger partial charge in [0.2, 0.25) is 0 Å². The average Bonchev–Trinajstić information content (AvgIpc) is 2.27. The second-order valence-corrected chi connectivity index (χ2v) is 4.82. The summed E-state index contributed by atoms with van der Waals surface area (Å²) >= 11 is 17.6. The third-order valence-electron chi connectivity index (χ3n) is 2.39. The molecule has 0 bridgehead atoms. The molecule has 1 aliphatic heterocycles. The highest BCUT2D eigenvalue weighted by Gasteiger charge is 2.16. The molecule has 6 heteroatoms.